The number of nitrogens with one attached hydrogen (secondary N) is 2. The van der Waals surface area contributed by atoms with E-state index >= 15 is 0 Å². The third-order valence-electron chi connectivity index (χ3n) is 3.95. The summed E-state index contributed by atoms with van der Waals surface area (Å²) in [6.07, 6.45) is 7.96. The molecule has 0 radical (unpaired) electrons. The minimum Gasteiger partial charge on any atom is -0.348 e. The second kappa shape index (κ2) is 8.75. The highest BCUT2D eigenvalue weighted by atomic mass is 16.2. The van der Waals surface area contributed by atoms with Gasteiger partial charge in [0.25, 0.3) is 5.91 Å². The highest BCUT2D eigenvalue weighted by Crippen LogP contribution is 2.11. The molecule has 0 fully saturated rings. The van der Waals surface area contributed by atoms with Crippen molar-refractivity contribution in [2.75, 3.05) is 5.32 Å². The molecule has 0 aliphatic heterocycles. The van der Waals surface area contributed by atoms with Gasteiger partial charge in [-0.3, -0.25) is 14.2 Å². The maximum atomic E-state index is 12.3. The van der Waals surface area contributed by atoms with Crippen molar-refractivity contribution in [1.82, 2.24) is 19.9 Å². The molecule has 0 aliphatic rings. The molecule has 0 saturated heterocycles. The molecule has 27 heavy (non-hydrogen) atoms. The Hall–Kier alpha value is -3.48. The number of imidazole rings is 1. The number of nitrogens with zero attached hydrogens (tertiary/aromatic N) is 3. The number of hydrogen-bond donors (Lipinski definition) is 2. The third-order valence-corrected chi connectivity index (χ3v) is 3.95. The van der Waals surface area contributed by atoms with Gasteiger partial charge in [0, 0.05) is 37.2 Å². The molecule has 0 saturated carbocycles. The van der Waals surface area contributed by atoms with E-state index in [1.165, 1.54) is 6.20 Å². The van der Waals surface area contributed by atoms with E-state index in [-0.39, 0.29) is 11.8 Å². The van der Waals surface area contributed by atoms with Gasteiger partial charge in [0.2, 0.25) is 5.91 Å². The van der Waals surface area contributed by atoms with Crippen LogP contribution in [0, 0.1) is 0 Å². The first-order valence-electron chi connectivity index (χ1n) is 8.77. The van der Waals surface area contributed by atoms with Gasteiger partial charge in [-0.2, -0.15) is 0 Å². The molecule has 1 aromatic carbocycles. The molecule has 138 valence electrons. The number of amides is 2. The number of pyridine rings is 1. The average Bonchev–Trinajstić information content (AvgIpc) is 3.22. The van der Waals surface area contributed by atoms with Gasteiger partial charge in [0.05, 0.1) is 5.56 Å². The number of aromatic nitrogens is 3. The van der Waals surface area contributed by atoms with Crippen LogP contribution in [0.2, 0.25) is 0 Å². The second-order valence-electron chi connectivity index (χ2n) is 6.05. The lowest BCUT2D eigenvalue weighted by atomic mass is 10.2. The van der Waals surface area contributed by atoms with Gasteiger partial charge in [-0.25, -0.2) is 9.97 Å². The Kier molecular flexibility index (Phi) is 5.94. The SMILES string of the molecule is CCCC(=O)Nc1ccc(CNC(=O)c2ccc(-n3ccnc3)nc2)cc1. The second-order valence-corrected chi connectivity index (χ2v) is 6.05. The van der Waals surface area contributed by atoms with E-state index in [1.54, 1.807) is 35.4 Å². The number of anilines is 1. The quantitative estimate of drug-likeness (QED) is 0.675. The van der Waals surface area contributed by atoms with Gasteiger partial charge in [-0.15, -0.1) is 0 Å². The fourth-order valence-corrected chi connectivity index (χ4v) is 2.51. The summed E-state index contributed by atoms with van der Waals surface area (Å²) in [6, 6.07) is 10.9. The molecule has 0 atom stereocenters. The van der Waals surface area contributed by atoms with Crippen molar-refractivity contribution in [2.45, 2.75) is 26.3 Å². The van der Waals surface area contributed by atoms with Gasteiger partial charge >= 0.3 is 0 Å². The van der Waals surface area contributed by atoms with Crippen molar-refractivity contribution in [3.8, 4) is 5.82 Å². The lowest BCUT2D eigenvalue weighted by Crippen LogP contribution is -2.23. The van der Waals surface area contributed by atoms with Gasteiger partial charge < -0.3 is 10.6 Å². The molecule has 7 nitrogen and oxygen atoms in total. The lowest BCUT2D eigenvalue weighted by molar-refractivity contribution is -0.116. The first-order chi connectivity index (χ1) is 13.2. The van der Waals surface area contributed by atoms with Crippen LogP contribution in [-0.4, -0.2) is 26.3 Å². The predicted molar refractivity (Wildman–Crippen MR) is 103 cm³/mol. The van der Waals surface area contributed by atoms with Gasteiger partial charge in [-0.05, 0) is 36.2 Å². The number of hydrogen-bond acceptors (Lipinski definition) is 4. The Balaban J connectivity index is 1.53. The Bertz CT molecular complexity index is 887. The summed E-state index contributed by atoms with van der Waals surface area (Å²) in [5.41, 5.74) is 2.19. The topological polar surface area (TPSA) is 88.9 Å². The average molecular weight is 363 g/mol. The molecule has 0 spiro atoms. The van der Waals surface area contributed by atoms with Crippen LogP contribution < -0.4 is 10.6 Å². The van der Waals surface area contributed by atoms with E-state index in [4.69, 9.17) is 0 Å². The van der Waals surface area contributed by atoms with Crippen molar-refractivity contribution in [2.24, 2.45) is 0 Å². The summed E-state index contributed by atoms with van der Waals surface area (Å²) in [5.74, 6) is 0.509. The fourth-order valence-electron chi connectivity index (χ4n) is 2.51. The van der Waals surface area contributed by atoms with Crippen molar-refractivity contribution in [3.05, 3.63) is 72.4 Å². The number of carbonyl (C=O) groups excluding carboxylic acids is 2. The molecule has 3 rings (SSSR count). The van der Waals surface area contributed by atoms with Crippen molar-refractivity contribution < 1.29 is 9.59 Å². The number of carbonyl (C=O) groups is 2. The molecule has 2 aromatic heterocycles. The Labute approximate surface area is 157 Å². The highest BCUT2D eigenvalue weighted by molar-refractivity contribution is 5.94. The molecule has 2 amide bonds. The monoisotopic (exact) mass is 363 g/mol. The van der Waals surface area contributed by atoms with Gasteiger partial charge in [0.15, 0.2) is 0 Å². The van der Waals surface area contributed by atoms with Crippen molar-refractivity contribution in [3.63, 3.8) is 0 Å². The molecule has 7 heteroatoms. The van der Waals surface area contributed by atoms with Crippen LogP contribution in [0.15, 0.2) is 61.3 Å². The van der Waals surface area contributed by atoms with Crippen molar-refractivity contribution >= 4 is 17.5 Å². The van der Waals surface area contributed by atoms with Crippen LogP contribution in [0.25, 0.3) is 5.82 Å². The maximum absolute atomic E-state index is 12.3. The van der Waals surface area contributed by atoms with E-state index in [0.29, 0.717) is 24.3 Å². The van der Waals surface area contributed by atoms with Crippen LogP contribution in [-0.2, 0) is 11.3 Å². The smallest absolute Gasteiger partial charge is 0.253 e. The first kappa shape index (κ1) is 18.3. The van der Waals surface area contributed by atoms with E-state index < -0.39 is 0 Å². The zero-order chi connectivity index (χ0) is 19.1. The molecule has 2 heterocycles. The minimum absolute atomic E-state index is 0.00481. The van der Waals surface area contributed by atoms with Crippen LogP contribution in [0.3, 0.4) is 0 Å². The Morgan fingerprint density at radius 1 is 1.11 bits per heavy atom. The molecule has 3 aromatic rings. The minimum atomic E-state index is -0.194. The Morgan fingerprint density at radius 3 is 2.56 bits per heavy atom. The molecular formula is C20H21N5O2. The molecular weight excluding hydrogens is 342 g/mol. The van der Waals surface area contributed by atoms with Crippen LogP contribution in [0.1, 0.15) is 35.7 Å². The fraction of sp³-hybridized carbons (Fsp3) is 0.200. The molecule has 0 unspecified atom stereocenters. The number of rotatable bonds is 7. The third kappa shape index (κ3) is 5.01. The zero-order valence-electron chi connectivity index (χ0n) is 15.1. The first-order valence-corrected chi connectivity index (χ1v) is 8.77. The summed E-state index contributed by atoms with van der Waals surface area (Å²) >= 11 is 0. The van der Waals surface area contributed by atoms with E-state index in [2.05, 4.69) is 20.6 Å². The maximum Gasteiger partial charge on any atom is 0.253 e. The van der Waals surface area contributed by atoms with Crippen LogP contribution >= 0.6 is 0 Å². The summed E-state index contributed by atoms with van der Waals surface area (Å²) in [6.45, 7) is 2.36. The molecule has 2 N–H and O–H groups in total. The van der Waals surface area contributed by atoms with E-state index in [1.807, 2.05) is 31.2 Å². The standard InChI is InChI=1S/C20H21N5O2/c1-2-3-19(26)24-17-7-4-15(5-8-17)12-23-20(27)16-6-9-18(22-13-16)25-11-10-21-14-25/h4-11,13-14H,2-3,12H2,1H3,(H,23,27)(H,24,26). The van der Waals surface area contributed by atoms with Crippen LogP contribution in [0.5, 0.6) is 0 Å². The summed E-state index contributed by atoms with van der Waals surface area (Å²) in [7, 11) is 0. The largest absolute Gasteiger partial charge is 0.348 e. The van der Waals surface area contributed by atoms with Gasteiger partial charge in [0.1, 0.15) is 12.1 Å². The van der Waals surface area contributed by atoms with E-state index in [9.17, 15) is 9.59 Å². The summed E-state index contributed by atoms with van der Waals surface area (Å²) in [4.78, 5) is 32.1. The van der Waals surface area contributed by atoms with E-state index in [0.717, 1.165) is 17.7 Å². The van der Waals surface area contributed by atoms with Gasteiger partial charge in [-0.1, -0.05) is 19.1 Å². The lowest BCUT2D eigenvalue weighted by Gasteiger charge is -2.08. The summed E-state index contributed by atoms with van der Waals surface area (Å²) < 4.78 is 1.77. The Morgan fingerprint density at radius 2 is 1.93 bits per heavy atom. The predicted octanol–water partition coefficient (Wildman–Crippen LogP) is 2.94. The normalized spacial score (nSPS) is 10.4. The highest BCUT2D eigenvalue weighted by Gasteiger charge is 2.07. The molecule has 0 aliphatic carbocycles. The van der Waals surface area contributed by atoms with Crippen molar-refractivity contribution in [1.29, 1.82) is 0 Å². The van der Waals surface area contributed by atoms with Crippen LogP contribution in [0.4, 0.5) is 5.69 Å². The summed E-state index contributed by atoms with van der Waals surface area (Å²) in [5, 5.41) is 5.70. The number of benzene rings is 1. The molecule has 0 bridgehead atoms. The zero-order valence-corrected chi connectivity index (χ0v) is 15.1.